The molecule has 1 aliphatic heterocycles. The fraction of sp³-hybridized carbons (Fsp3) is 0.917. The number of carbonyl (C=O) groups is 1. The van der Waals surface area contributed by atoms with Crippen molar-refractivity contribution in [3.05, 3.63) is 0 Å². The highest BCUT2D eigenvalue weighted by Gasteiger charge is 2.34. The first-order valence-corrected chi connectivity index (χ1v) is 8.54. The quantitative estimate of drug-likeness (QED) is 0.781. The Morgan fingerprint density at radius 1 is 1.42 bits per heavy atom. The van der Waals surface area contributed by atoms with Gasteiger partial charge in [-0.25, -0.2) is 8.42 Å². The molecule has 0 aromatic carbocycles. The predicted molar refractivity (Wildman–Crippen MR) is 75.0 cm³/mol. The van der Waals surface area contributed by atoms with E-state index >= 15 is 0 Å². The number of carbonyl (C=O) groups excluding carboxylic acids is 1. The third kappa shape index (κ3) is 3.90. The molecule has 0 aliphatic carbocycles. The van der Waals surface area contributed by atoms with Crippen molar-refractivity contribution < 1.29 is 13.2 Å². The van der Waals surface area contributed by atoms with Crippen molar-refractivity contribution in [1.82, 2.24) is 9.21 Å². The van der Waals surface area contributed by atoms with Crippen LogP contribution in [0.2, 0.25) is 0 Å². The van der Waals surface area contributed by atoms with Gasteiger partial charge >= 0.3 is 0 Å². The summed E-state index contributed by atoms with van der Waals surface area (Å²) in [4.78, 5) is 13.9. The molecule has 0 radical (unpaired) electrons. The van der Waals surface area contributed by atoms with E-state index in [0.29, 0.717) is 19.6 Å². The van der Waals surface area contributed by atoms with Crippen LogP contribution in [-0.4, -0.2) is 61.5 Å². The molecule has 112 valence electrons. The van der Waals surface area contributed by atoms with Crippen LogP contribution in [0.25, 0.3) is 0 Å². The van der Waals surface area contributed by atoms with Crippen molar-refractivity contribution in [1.29, 1.82) is 0 Å². The molecule has 0 spiro atoms. The molecule has 7 heteroatoms. The maximum absolute atomic E-state index is 12.2. The second-order valence-electron chi connectivity index (χ2n) is 5.42. The molecule has 2 N–H and O–H groups in total. The smallest absolute Gasteiger partial charge is 0.239 e. The molecule has 0 unspecified atom stereocenters. The topological polar surface area (TPSA) is 83.7 Å². The Morgan fingerprint density at radius 3 is 2.42 bits per heavy atom. The first-order chi connectivity index (χ1) is 8.68. The Balaban J connectivity index is 2.69. The zero-order valence-corrected chi connectivity index (χ0v) is 13.0. The summed E-state index contributed by atoms with van der Waals surface area (Å²) in [6.45, 7) is 6.95. The van der Waals surface area contributed by atoms with Gasteiger partial charge in [-0.3, -0.25) is 4.79 Å². The molecular formula is C12H25N3O3S. The maximum Gasteiger partial charge on any atom is 0.239 e. The molecule has 0 bridgehead atoms. The molecule has 0 aromatic rings. The van der Waals surface area contributed by atoms with E-state index in [4.69, 9.17) is 5.73 Å². The Morgan fingerprint density at radius 2 is 2.00 bits per heavy atom. The number of hydrogen-bond acceptors (Lipinski definition) is 4. The standard InChI is InChI=1S/C12H25N3O3S/c1-5-9(2)11(13)12(16)14-6-7-15(10(3)8-14)19(4,17)18/h9-11H,5-8,13H2,1-4H3/t9-,10+,11+/m1/s1. The van der Waals surface area contributed by atoms with Gasteiger partial charge in [-0.2, -0.15) is 4.31 Å². The van der Waals surface area contributed by atoms with Gasteiger partial charge < -0.3 is 10.6 Å². The fourth-order valence-electron chi connectivity index (χ4n) is 2.34. The van der Waals surface area contributed by atoms with Crippen molar-refractivity contribution in [2.45, 2.75) is 39.3 Å². The number of piperazine rings is 1. The Hall–Kier alpha value is -0.660. The second kappa shape index (κ2) is 6.19. The third-order valence-corrected chi connectivity index (χ3v) is 5.24. The summed E-state index contributed by atoms with van der Waals surface area (Å²) < 4.78 is 24.6. The molecule has 3 atom stereocenters. The Labute approximate surface area is 116 Å². The van der Waals surface area contributed by atoms with Crippen molar-refractivity contribution in [2.24, 2.45) is 11.7 Å². The molecule has 1 fully saturated rings. The van der Waals surface area contributed by atoms with Gasteiger partial charge in [0.2, 0.25) is 15.9 Å². The van der Waals surface area contributed by atoms with Crippen LogP contribution < -0.4 is 5.73 Å². The average molecular weight is 291 g/mol. The minimum absolute atomic E-state index is 0.0747. The van der Waals surface area contributed by atoms with Crippen LogP contribution >= 0.6 is 0 Å². The molecule has 1 amide bonds. The van der Waals surface area contributed by atoms with Gasteiger partial charge in [-0.15, -0.1) is 0 Å². The zero-order chi connectivity index (χ0) is 14.8. The molecule has 1 heterocycles. The molecule has 0 aromatic heterocycles. The zero-order valence-electron chi connectivity index (χ0n) is 12.2. The minimum atomic E-state index is -3.20. The van der Waals surface area contributed by atoms with Crippen LogP contribution in [0.15, 0.2) is 0 Å². The van der Waals surface area contributed by atoms with Gasteiger partial charge in [0, 0.05) is 25.7 Å². The molecule has 1 aliphatic rings. The van der Waals surface area contributed by atoms with E-state index in [2.05, 4.69) is 0 Å². The number of sulfonamides is 1. The van der Waals surface area contributed by atoms with Crippen molar-refractivity contribution in [3.63, 3.8) is 0 Å². The molecular weight excluding hydrogens is 266 g/mol. The summed E-state index contributed by atoms with van der Waals surface area (Å²) in [5.41, 5.74) is 5.94. The summed E-state index contributed by atoms with van der Waals surface area (Å²) in [5, 5.41) is 0. The van der Waals surface area contributed by atoms with E-state index in [1.807, 2.05) is 20.8 Å². The largest absolute Gasteiger partial charge is 0.338 e. The third-order valence-electron chi connectivity index (χ3n) is 3.85. The van der Waals surface area contributed by atoms with Gasteiger partial charge in [0.1, 0.15) is 0 Å². The number of hydrogen-bond donors (Lipinski definition) is 1. The van der Waals surface area contributed by atoms with Crippen LogP contribution in [0.3, 0.4) is 0 Å². The lowest BCUT2D eigenvalue weighted by atomic mass is 9.98. The number of nitrogens with zero attached hydrogens (tertiary/aromatic N) is 2. The monoisotopic (exact) mass is 291 g/mol. The van der Waals surface area contributed by atoms with Crippen LogP contribution in [0, 0.1) is 5.92 Å². The highest BCUT2D eigenvalue weighted by atomic mass is 32.2. The lowest BCUT2D eigenvalue weighted by Gasteiger charge is -2.39. The van der Waals surface area contributed by atoms with Gasteiger partial charge in [0.15, 0.2) is 0 Å². The molecule has 19 heavy (non-hydrogen) atoms. The highest BCUT2D eigenvalue weighted by Crippen LogP contribution is 2.16. The average Bonchev–Trinajstić information content (AvgIpc) is 2.34. The Kier molecular flexibility index (Phi) is 5.34. The summed E-state index contributed by atoms with van der Waals surface area (Å²) in [6, 6.07) is -0.696. The van der Waals surface area contributed by atoms with E-state index < -0.39 is 16.1 Å². The molecule has 6 nitrogen and oxygen atoms in total. The van der Waals surface area contributed by atoms with E-state index in [1.165, 1.54) is 10.6 Å². The van der Waals surface area contributed by atoms with Crippen molar-refractivity contribution in [3.8, 4) is 0 Å². The van der Waals surface area contributed by atoms with Crippen LogP contribution in [0.1, 0.15) is 27.2 Å². The summed E-state index contributed by atoms with van der Waals surface area (Å²) in [6.07, 6.45) is 2.05. The second-order valence-corrected chi connectivity index (χ2v) is 7.35. The van der Waals surface area contributed by atoms with Gasteiger partial charge in [0.05, 0.1) is 12.3 Å². The normalized spacial score (nSPS) is 25.1. The first-order valence-electron chi connectivity index (χ1n) is 6.69. The Bertz CT molecular complexity index is 424. The SMILES string of the molecule is CC[C@@H](C)[C@H](N)C(=O)N1CCN(S(C)(=O)=O)[C@@H](C)C1. The van der Waals surface area contributed by atoms with Gasteiger partial charge in [-0.1, -0.05) is 20.3 Å². The van der Waals surface area contributed by atoms with Crippen molar-refractivity contribution >= 4 is 15.9 Å². The molecule has 1 saturated heterocycles. The van der Waals surface area contributed by atoms with E-state index in [0.717, 1.165) is 6.42 Å². The predicted octanol–water partition coefficient (Wildman–Crippen LogP) is -0.148. The van der Waals surface area contributed by atoms with Gasteiger partial charge in [-0.05, 0) is 12.8 Å². The van der Waals surface area contributed by atoms with Crippen LogP contribution in [0.5, 0.6) is 0 Å². The number of nitrogens with two attached hydrogens (primary N) is 1. The van der Waals surface area contributed by atoms with Crippen LogP contribution in [0.4, 0.5) is 0 Å². The summed E-state index contributed by atoms with van der Waals surface area (Å²) >= 11 is 0. The van der Waals surface area contributed by atoms with Gasteiger partial charge in [0.25, 0.3) is 0 Å². The lowest BCUT2D eigenvalue weighted by molar-refractivity contribution is -0.135. The van der Waals surface area contributed by atoms with Crippen molar-refractivity contribution in [2.75, 3.05) is 25.9 Å². The summed E-state index contributed by atoms with van der Waals surface area (Å²) in [5.74, 6) is 0.0603. The summed E-state index contributed by atoms with van der Waals surface area (Å²) in [7, 11) is -3.20. The maximum atomic E-state index is 12.2. The first kappa shape index (κ1) is 16.4. The number of rotatable bonds is 4. The highest BCUT2D eigenvalue weighted by molar-refractivity contribution is 7.88. The van der Waals surface area contributed by atoms with Crippen LogP contribution in [-0.2, 0) is 14.8 Å². The van der Waals surface area contributed by atoms with E-state index in [9.17, 15) is 13.2 Å². The lowest BCUT2D eigenvalue weighted by Crippen LogP contribution is -2.58. The molecule has 1 rings (SSSR count). The minimum Gasteiger partial charge on any atom is -0.338 e. The van der Waals surface area contributed by atoms with E-state index in [-0.39, 0.29) is 17.9 Å². The van der Waals surface area contributed by atoms with E-state index in [1.54, 1.807) is 4.90 Å². The fourth-order valence-corrected chi connectivity index (χ4v) is 3.48. The number of amides is 1. The molecule has 0 saturated carbocycles.